The smallest absolute Gasteiger partial charge is 0.416 e. The minimum atomic E-state index is -4.49. The van der Waals surface area contributed by atoms with Crippen LogP contribution in [0.15, 0.2) is 42.5 Å². The SMILES string of the molecule is O=C(Nc1cccc(C(F)(F)F)c1)OCc1ccc(Cl)cc1Cl. The van der Waals surface area contributed by atoms with Gasteiger partial charge in [0.1, 0.15) is 6.61 Å². The van der Waals surface area contributed by atoms with Gasteiger partial charge in [-0.15, -0.1) is 0 Å². The second-order valence-electron chi connectivity index (χ2n) is 4.52. The second-order valence-corrected chi connectivity index (χ2v) is 5.36. The summed E-state index contributed by atoms with van der Waals surface area (Å²) in [4.78, 5) is 11.6. The predicted molar refractivity (Wildman–Crippen MR) is 81.7 cm³/mol. The molecule has 0 unspecified atom stereocenters. The lowest BCUT2D eigenvalue weighted by Gasteiger charge is -2.11. The van der Waals surface area contributed by atoms with E-state index in [1.54, 1.807) is 12.1 Å². The van der Waals surface area contributed by atoms with Crippen molar-refractivity contribution < 1.29 is 22.7 Å². The number of nitrogens with one attached hydrogen (secondary N) is 1. The number of carbonyl (C=O) groups excluding carboxylic acids is 1. The van der Waals surface area contributed by atoms with Gasteiger partial charge < -0.3 is 4.74 Å². The van der Waals surface area contributed by atoms with Gasteiger partial charge in [0.2, 0.25) is 0 Å². The molecule has 0 aliphatic heterocycles. The van der Waals surface area contributed by atoms with Crippen molar-refractivity contribution >= 4 is 35.0 Å². The van der Waals surface area contributed by atoms with Crippen molar-refractivity contribution in [3.8, 4) is 0 Å². The Labute approximate surface area is 140 Å². The minimum Gasteiger partial charge on any atom is -0.444 e. The van der Waals surface area contributed by atoms with E-state index in [-0.39, 0.29) is 12.3 Å². The lowest BCUT2D eigenvalue weighted by molar-refractivity contribution is -0.137. The third-order valence-corrected chi connectivity index (χ3v) is 3.40. The molecule has 0 spiro atoms. The first-order valence-corrected chi connectivity index (χ1v) is 7.06. The monoisotopic (exact) mass is 363 g/mol. The van der Waals surface area contributed by atoms with Gasteiger partial charge in [0, 0.05) is 21.3 Å². The second kappa shape index (κ2) is 7.10. The molecule has 23 heavy (non-hydrogen) atoms. The van der Waals surface area contributed by atoms with Gasteiger partial charge in [-0.25, -0.2) is 4.79 Å². The van der Waals surface area contributed by atoms with E-state index in [0.29, 0.717) is 15.6 Å². The van der Waals surface area contributed by atoms with Crippen molar-refractivity contribution in [3.63, 3.8) is 0 Å². The number of ether oxygens (including phenoxy) is 1. The van der Waals surface area contributed by atoms with Crippen molar-refractivity contribution in [2.24, 2.45) is 0 Å². The molecule has 2 aromatic rings. The Morgan fingerprint density at radius 2 is 1.87 bits per heavy atom. The van der Waals surface area contributed by atoms with Crippen LogP contribution in [0.1, 0.15) is 11.1 Å². The lowest BCUT2D eigenvalue weighted by atomic mass is 10.2. The maximum absolute atomic E-state index is 12.6. The van der Waals surface area contributed by atoms with Crippen LogP contribution in [0.3, 0.4) is 0 Å². The Balaban J connectivity index is 1.97. The molecule has 1 amide bonds. The molecule has 0 aliphatic rings. The first kappa shape index (κ1) is 17.4. The number of halogens is 5. The molecule has 0 bridgehead atoms. The maximum atomic E-state index is 12.6. The summed E-state index contributed by atoms with van der Waals surface area (Å²) in [6.07, 6.45) is -5.38. The van der Waals surface area contributed by atoms with E-state index in [0.717, 1.165) is 12.1 Å². The average Bonchev–Trinajstić information content (AvgIpc) is 2.45. The van der Waals surface area contributed by atoms with Gasteiger partial charge in [-0.3, -0.25) is 5.32 Å². The molecule has 0 radical (unpaired) electrons. The Morgan fingerprint density at radius 3 is 2.52 bits per heavy atom. The Kier molecular flexibility index (Phi) is 5.38. The first-order chi connectivity index (χ1) is 10.8. The average molecular weight is 364 g/mol. The quantitative estimate of drug-likeness (QED) is 0.752. The molecule has 0 heterocycles. The number of rotatable bonds is 3. The zero-order valence-electron chi connectivity index (χ0n) is 11.5. The molecule has 2 aromatic carbocycles. The number of hydrogen-bond acceptors (Lipinski definition) is 2. The minimum absolute atomic E-state index is 0.0213. The fourth-order valence-electron chi connectivity index (χ4n) is 1.71. The van der Waals surface area contributed by atoms with Gasteiger partial charge >= 0.3 is 12.3 Å². The predicted octanol–water partition coefficient (Wildman–Crippen LogP) is 5.76. The number of anilines is 1. The highest BCUT2D eigenvalue weighted by Gasteiger charge is 2.30. The van der Waals surface area contributed by atoms with E-state index in [1.165, 1.54) is 18.2 Å². The highest BCUT2D eigenvalue weighted by molar-refractivity contribution is 6.35. The zero-order chi connectivity index (χ0) is 17.0. The van der Waals surface area contributed by atoms with Crippen LogP contribution in [-0.2, 0) is 17.5 Å². The molecule has 122 valence electrons. The van der Waals surface area contributed by atoms with Crippen molar-refractivity contribution in [2.75, 3.05) is 5.32 Å². The molecule has 0 aromatic heterocycles. The first-order valence-electron chi connectivity index (χ1n) is 6.30. The summed E-state index contributed by atoms with van der Waals surface area (Å²) in [6.45, 7) is -0.138. The standard InChI is InChI=1S/C15H10Cl2F3NO2/c16-11-5-4-9(13(17)7-11)8-23-14(22)21-12-3-1-2-10(6-12)15(18,19)20/h1-7H,8H2,(H,21,22). The molecule has 3 nitrogen and oxygen atoms in total. The Bertz CT molecular complexity index is 720. The number of carbonyl (C=O) groups is 1. The van der Waals surface area contributed by atoms with Crippen LogP contribution < -0.4 is 5.32 Å². The lowest BCUT2D eigenvalue weighted by Crippen LogP contribution is -2.14. The molecular formula is C15H10Cl2F3NO2. The van der Waals surface area contributed by atoms with Crippen molar-refractivity contribution in [1.29, 1.82) is 0 Å². The molecule has 0 saturated heterocycles. The molecule has 0 fully saturated rings. The topological polar surface area (TPSA) is 38.3 Å². The van der Waals surface area contributed by atoms with E-state index in [4.69, 9.17) is 27.9 Å². The van der Waals surface area contributed by atoms with Crippen molar-refractivity contribution in [3.05, 3.63) is 63.6 Å². The van der Waals surface area contributed by atoms with Crippen LogP contribution in [0.25, 0.3) is 0 Å². The summed E-state index contributed by atoms with van der Waals surface area (Å²) < 4.78 is 42.7. The number of benzene rings is 2. The molecule has 0 saturated carbocycles. The van der Waals surface area contributed by atoms with Gasteiger partial charge in [0.25, 0.3) is 0 Å². The van der Waals surface area contributed by atoms with Gasteiger partial charge in [-0.2, -0.15) is 13.2 Å². The number of amides is 1. The zero-order valence-corrected chi connectivity index (χ0v) is 13.0. The van der Waals surface area contributed by atoms with E-state index in [1.807, 2.05) is 0 Å². The van der Waals surface area contributed by atoms with Crippen molar-refractivity contribution in [2.45, 2.75) is 12.8 Å². The van der Waals surface area contributed by atoms with Gasteiger partial charge in [0.05, 0.1) is 5.56 Å². The fourth-order valence-corrected chi connectivity index (χ4v) is 2.17. The number of alkyl halides is 3. The summed E-state index contributed by atoms with van der Waals surface area (Å²) in [5, 5.41) is 2.99. The normalized spacial score (nSPS) is 11.2. The summed E-state index contributed by atoms with van der Waals surface area (Å²) >= 11 is 11.7. The van der Waals surface area contributed by atoms with Crippen LogP contribution in [-0.4, -0.2) is 6.09 Å². The largest absolute Gasteiger partial charge is 0.444 e. The summed E-state index contributed by atoms with van der Waals surface area (Å²) in [6, 6.07) is 8.90. The van der Waals surface area contributed by atoms with Crippen molar-refractivity contribution in [1.82, 2.24) is 0 Å². The van der Waals surface area contributed by atoms with E-state index in [2.05, 4.69) is 5.32 Å². The molecule has 8 heteroatoms. The Morgan fingerprint density at radius 1 is 1.13 bits per heavy atom. The van der Waals surface area contributed by atoms with E-state index in [9.17, 15) is 18.0 Å². The fraction of sp³-hybridized carbons (Fsp3) is 0.133. The van der Waals surface area contributed by atoms with Gasteiger partial charge in [-0.05, 0) is 30.3 Å². The van der Waals surface area contributed by atoms with Crippen LogP contribution >= 0.6 is 23.2 Å². The van der Waals surface area contributed by atoms with E-state index < -0.39 is 17.8 Å². The third-order valence-electron chi connectivity index (χ3n) is 2.81. The molecule has 0 atom stereocenters. The summed E-state index contributed by atoms with van der Waals surface area (Å²) in [5.41, 5.74) is -0.363. The maximum Gasteiger partial charge on any atom is 0.416 e. The van der Waals surface area contributed by atoms with Gasteiger partial charge in [-0.1, -0.05) is 35.3 Å². The van der Waals surface area contributed by atoms with Crippen LogP contribution in [0.5, 0.6) is 0 Å². The van der Waals surface area contributed by atoms with Crippen LogP contribution in [0, 0.1) is 0 Å². The highest BCUT2D eigenvalue weighted by Crippen LogP contribution is 2.30. The molecular weight excluding hydrogens is 354 g/mol. The van der Waals surface area contributed by atoms with Crippen LogP contribution in [0.2, 0.25) is 10.0 Å². The summed E-state index contributed by atoms with van der Waals surface area (Å²) in [5.74, 6) is 0. The molecule has 2 rings (SSSR count). The van der Waals surface area contributed by atoms with Crippen LogP contribution in [0.4, 0.5) is 23.7 Å². The number of hydrogen-bond donors (Lipinski definition) is 1. The highest BCUT2D eigenvalue weighted by atomic mass is 35.5. The molecule has 0 aliphatic carbocycles. The Hall–Kier alpha value is -1.92. The molecule has 1 N–H and O–H groups in total. The third kappa shape index (κ3) is 5.04. The summed E-state index contributed by atoms with van der Waals surface area (Å²) in [7, 11) is 0. The van der Waals surface area contributed by atoms with E-state index >= 15 is 0 Å². The van der Waals surface area contributed by atoms with Gasteiger partial charge in [0.15, 0.2) is 0 Å².